The molecule has 26 atom stereocenters. The summed E-state index contributed by atoms with van der Waals surface area (Å²) in [6.07, 6.45) is -15.6. The molecule has 10 N–H and O–H groups in total. The van der Waals surface area contributed by atoms with E-state index in [4.69, 9.17) is 37.9 Å². The Bertz CT molecular complexity index is 1790. The van der Waals surface area contributed by atoms with Gasteiger partial charge in [-0.3, -0.25) is 0 Å². The maximum atomic E-state index is 12.3. The molecule has 378 valence electrons. The zero-order valence-electron chi connectivity index (χ0n) is 39.7. The summed E-state index contributed by atoms with van der Waals surface area (Å²) in [4.78, 5) is 0. The van der Waals surface area contributed by atoms with Crippen molar-refractivity contribution in [2.45, 2.75) is 222 Å². The lowest BCUT2D eigenvalue weighted by Crippen LogP contribution is -2.68. The molecular formula is C48H78O18. The Balaban J connectivity index is 0.986. The molecule has 0 aromatic rings. The van der Waals surface area contributed by atoms with Crippen LogP contribution in [0.3, 0.4) is 0 Å². The first-order chi connectivity index (χ1) is 30.9. The maximum Gasteiger partial charge on any atom is 0.187 e. The van der Waals surface area contributed by atoms with Gasteiger partial charge >= 0.3 is 0 Å². The quantitative estimate of drug-likeness (QED) is 0.105. The van der Waals surface area contributed by atoms with Gasteiger partial charge in [-0.1, -0.05) is 39.3 Å². The topological polar surface area (TPSA) is 276 Å². The van der Waals surface area contributed by atoms with E-state index in [1.54, 1.807) is 0 Å². The first-order valence-corrected chi connectivity index (χ1v) is 24.5. The molecule has 0 radical (unpaired) electrons. The van der Waals surface area contributed by atoms with E-state index in [9.17, 15) is 51.1 Å². The van der Waals surface area contributed by atoms with Crippen LogP contribution in [0.4, 0.5) is 0 Å². The summed E-state index contributed by atoms with van der Waals surface area (Å²) >= 11 is 0. The van der Waals surface area contributed by atoms with E-state index < -0.39 is 128 Å². The lowest BCUT2D eigenvalue weighted by atomic mass is 9.35. The lowest BCUT2D eigenvalue weighted by molar-refractivity contribution is -0.398. The van der Waals surface area contributed by atoms with E-state index >= 15 is 0 Å². The monoisotopic (exact) mass is 943 g/mol. The summed E-state index contributed by atoms with van der Waals surface area (Å²) in [6.45, 7) is 16.1. The fourth-order valence-electron chi connectivity index (χ4n) is 15.9. The van der Waals surface area contributed by atoms with Crippen molar-refractivity contribution >= 4 is 0 Å². The molecule has 5 saturated heterocycles. The first-order valence-electron chi connectivity index (χ1n) is 24.5. The molecule has 0 unspecified atom stereocenters. The number of ether oxygens (including phenoxy) is 8. The Morgan fingerprint density at radius 3 is 1.95 bits per heavy atom. The minimum absolute atomic E-state index is 0.0887. The van der Waals surface area contributed by atoms with E-state index in [0.717, 1.165) is 38.5 Å². The summed E-state index contributed by atoms with van der Waals surface area (Å²) in [5, 5.41) is 109. The molecule has 4 saturated carbocycles. The van der Waals surface area contributed by atoms with Gasteiger partial charge in [0.05, 0.1) is 43.7 Å². The Morgan fingerprint density at radius 2 is 1.29 bits per heavy atom. The molecule has 0 amide bonds. The van der Waals surface area contributed by atoms with E-state index in [2.05, 4.69) is 47.6 Å². The number of rotatable bonds is 10. The molecule has 5 heterocycles. The molecule has 4 aliphatic carbocycles. The highest BCUT2D eigenvalue weighted by Crippen LogP contribution is 2.81. The second-order valence-corrected chi connectivity index (χ2v) is 23.3. The van der Waals surface area contributed by atoms with Crippen LogP contribution in [0.15, 0.2) is 11.6 Å². The van der Waals surface area contributed by atoms with Crippen molar-refractivity contribution in [1.82, 2.24) is 0 Å². The maximum absolute atomic E-state index is 12.3. The van der Waals surface area contributed by atoms with Gasteiger partial charge in [0.2, 0.25) is 0 Å². The van der Waals surface area contributed by atoms with E-state index in [0.29, 0.717) is 25.4 Å². The second kappa shape index (κ2) is 17.4. The average Bonchev–Trinajstić information content (AvgIpc) is 3.87. The average molecular weight is 943 g/mol. The second-order valence-electron chi connectivity index (χ2n) is 23.3. The summed E-state index contributed by atoms with van der Waals surface area (Å²) in [6, 6.07) is 0. The fourth-order valence-corrected chi connectivity index (χ4v) is 15.9. The van der Waals surface area contributed by atoms with Crippen molar-refractivity contribution < 1.29 is 89.0 Å². The van der Waals surface area contributed by atoms with Gasteiger partial charge in [-0.15, -0.1) is 0 Å². The molecule has 9 aliphatic rings. The molecule has 2 spiro atoms. The third-order valence-electron chi connectivity index (χ3n) is 19.3. The van der Waals surface area contributed by atoms with Crippen LogP contribution in [0.5, 0.6) is 0 Å². The molecule has 18 heteroatoms. The predicted molar refractivity (Wildman–Crippen MR) is 229 cm³/mol. The number of allylic oxidation sites excluding steroid dienone is 1. The minimum Gasteiger partial charge on any atom is -0.394 e. The summed E-state index contributed by atoms with van der Waals surface area (Å²) in [5.74, 6) is -0.143. The summed E-state index contributed by atoms with van der Waals surface area (Å²) < 4.78 is 51.1. The van der Waals surface area contributed by atoms with Gasteiger partial charge in [-0.25, -0.2) is 0 Å². The van der Waals surface area contributed by atoms with Crippen LogP contribution in [0.25, 0.3) is 0 Å². The third kappa shape index (κ3) is 7.32. The summed E-state index contributed by atoms with van der Waals surface area (Å²) in [7, 11) is 0. The molecule has 0 aromatic carbocycles. The number of aliphatic hydroxyl groups excluding tert-OH is 9. The minimum atomic E-state index is -1.86. The van der Waals surface area contributed by atoms with Crippen molar-refractivity contribution in [1.29, 1.82) is 0 Å². The van der Waals surface area contributed by atoms with Crippen LogP contribution in [-0.4, -0.2) is 187 Å². The fraction of sp³-hybridized carbons (Fsp3) is 0.958. The van der Waals surface area contributed by atoms with Crippen LogP contribution >= 0.6 is 0 Å². The SMILES string of the molecule is CC(C)=CC[C@@H]1O[C@]23C[C@]4(CO2)[C@@H](CC[C@H]2[C@@]5(C)CC[C@H](O[C@@H]6O[C@H](CO)[C@@H](O)[C@H](O[C@@H]7O[C@H](CO)[C@@H](O)[C@H](O)[C@H]7O)[C@H]6O[C@@H]6O[C@@H](C)[C@H](O)[C@@H](O)[C@H]6O)C(C)(C)[C@H]5CC[C@]24C)[C@@H]3[C@@]1(C)O. The van der Waals surface area contributed by atoms with Crippen molar-refractivity contribution in [2.24, 2.45) is 45.3 Å². The van der Waals surface area contributed by atoms with E-state index in [1.807, 2.05) is 6.92 Å². The first kappa shape index (κ1) is 50.0. The molecule has 0 aromatic heterocycles. The molecule has 66 heavy (non-hydrogen) atoms. The van der Waals surface area contributed by atoms with Crippen molar-refractivity contribution in [3.63, 3.8) is 0 Å². The van der Waals surface area contributed by atoms with Crippen molar-refractivity contribution in [3.05, 3.63) is 11.6 Å². The number of aliphatic hydroxyl groups is 10. The Kier molecular flexibility index (Phi) is 13.1. The molecule has 18 nitrogen and oxygen atoms in total. The van der Waals surface area contributed by atoms with Crippen molar-refractivity contribution in [3.8, 4) is 0 Å². The molecule has 9 rings (SSSR count). The summed E-state index contributed by atoms with van der Waals surface area (Å²) in [5.41, 5.74) is -0.692. The zero-order valence-corrected chi connectivity index (χ0v) is 39.7. The Morgan fingerprint density at radius 1 is 0.667 bits per heavy atom. The predicted octanol–water partition coefficient (Wildman–Crippen LogP) is 0.355. The number of fused-ring (bicyclic) bond motifs is 4. The molecule has 5 aliphatic heterocycles. The van der Waals surface area contributed by atoms with Gasteiger partial charge in [0.25, 0.3) is 0 Å². The van der Waals surface area contributed by atoms with Crippen LogP contribution < -0.4 is 0 Å². The highest BCUT2D eigenvalue weighted by molar-refractivity contribution is 5.28. The lowest BCUT2D eigenvalue weighted by Gasteiger charge is -2.70. The molecule has 9 fully saturated rings. The smallest absolute Gasteiger partial charge is 0.187 e. The van der Waals surface area contributed by atoms with Gasteiger partial charge in [0.1, 0.15) is 67.1 Å². The number of hydrogen-bond acceptors (Lipinski definition) is 18. The van der Waals surface area contributed by atoms with Gasteiger partial charge in [0, 0.05) is 17.8 Å². The highest BCUT2D eigenvalue weighted by Gasteiger charge is 2.82. The Labute approximate surface area is 387 Å². The van der Waals surface area contributed by atoms with Gasteiger partial charge in [-0.05, 0) is 107 Å². The number of hydrogen-bond donors (Lipinski definition) is 10. The van der Waals surface area contributed by atoms with E-state index in [-0.39, 0.29) is 40.1 Å². The largest absolute Gasteiger partial charge is 0.394 e. The zero-order chi connectivity index (χ0) is 47.8. The highest BCUT2D eigenvalue weighted by atomic mass is 16.8. The van der Waals surface area contributed by atoms with Crippen LogP contribution in [0.2, 0.25) is 0 Å². The third-order valence-corrected chi connectivity index (χ3v) is 19.3. The van der Waals surface area contributed by atoms with Crippen LogP contribution in [0, 0.1) is 45.3 Å². The van der Waals surface area contributed by atoms with Gasteiger partial charge in [0.15, 0.2) is 24.7 Å². The normalized spacial score (nSPS) is 57.4. The standard InChI is InChI=1S/C48H78O18/c1-21(2)9-12-29-46(8,58)39-23-10-11-27-44(6)15-14-28(43(4,5)26(44)13-16-45(27,7)47(23)19-48(39,66-29)59-20-47)63-42-38(65-40-35(56)33(54)30(51)22(3)60-40)37(32(53)25(18-50)62-42)64-41-36(57)34(55)31(52)24(17-49)61-41/h9,22-42,49-58H,10-20H2,1-8H3/t22-,23-,24+,25+,26+,27-,28-,29-,30-,31+,32+,33+,34-,35+,36+,37-,38+,39+,40-,41-,42-,44-,45+,46-,47-,48-/m0/s1. The molecular weight excluding hydrogens is 865 g/mol. The van der Waals surface area contributed by atoms with Crippen molar-refractivity contribution in [2.75, 3.05) is 19.8 Å². The van der Waals surface area contributed by atoms with Gasteiger partial charge < -0.3 is 89.0 Å². The van der Waals surface area contributed by atoms with Crippen LogP contribution in [-0.2, 0) is 37.9 Å². The molecule has 2 bridgehead atoms. The van der Waals surface area contributed by atoms with Gasteiger partial charge in [-0.2, -0.15) is 0 Å². The van der Waals surface area contributed by atoms with Crippen LogP contribution in [0.1, 0.15) is 107 Å². The van der Waals surface area contributed by atoms with E-state index in [1.165, 1.54) is 12.5 Å². The Hall–Kier alpha value is -0.980.